The maximum absolute atomic E-state index is 12.9. The van der Waals surface area contributed by atoms with E-state index in [0.717, 1.165) is 36.0 Å². The summed E-state index contributed by atoms with van der Waals surface area (Å²) >= 11 is 0. The summed E-state index contributed by atoms with van der Waals surface area (Å²) in [4.78, 5) is 12.6. The molecule has 0 unspecified atom stereocenters. The van der Waals surface area contributed by atoms with Crippen molar-refractivity contribution in [1.82, 2.24) is 9.73 Å². The second-order valence-electron chi connectivity index (χ2n) is 7.68. The number of hydrazone groups is 1. The number of hydrogen-bond donors (Lipinski definition) is 1. The van der Waals surface area contributed by atoms with Gasteiger partial charge in [0.15, 0.2) is 0 Å². The number of carbonyl (C=O) groups excluding carboxylic acids is 1. The predicted octanol–water partition coefficient (Wildman–Crippen LogP) is 4.29. The second kappa shape index (κ2) is 9.89. The first-order chi connectivity index (χ1) is 15.5. The van der Waals surface area contributed by atoms with Crippen molar-refractivity contribution in [2.45, 2.75) is 24.2 Å². The molecule has 0 spiro atoms. The normalized spacial score (nSPS) is 15.0. The van der Waals surface area contributed by atoms with Gasteiger partial charge in [-0.15, -0.1) is 0 Å². The summed E-state index contributed by atoms with van der Waals surface area (Å²) in [5.74, 6) is -0.460. The van der Waals surface area contributed by atoms with Gasteiger partial charge in [0.2, 0.25) is 10.0 Å². The van der Waals surface area contributed by atoms with Crippen LogP contribution in [0.1, 0.15) is 35.2 Å². The fourth-order valence-corrected chi connectivity index (χ4v) is 5.24. The minimum Gasteiger partial charge on any atom is -0.267 e. The lowest BCUT2D eigenvalue weighted by Gasteiger charge is -2.25. The molecule has 4 rings (SSSR count). The molecule has 3 aromatic rings. The summed E-state index contributed by atoms with van der Waals surface area (Å²) in [6, 6.07) is 24.0. The molecule has 1 N–H and O–H groups in total. The van der Waals surface area contributed by atoms with E-state index in [1.807, 2.05) is 54.6 Å². The molecule has 1 aliphatic heterocycles. The van der Waals surface area contributed by atoms with Gasteiger partial charge < -0.3 is 0 Å². The van der Waals surface area contributed by atoms with Gasteiger partial charge in [0, 0.05) is 18.7 Å². The van der Waals surface area contributed by atoms with E-state index in [1.165, 1.54) is 16.4 Å². The average molecular weight is 448 g/mol. The molecule has 3 aromatic carbocycles. The molecule has 6 nitrogen and oxygen atoms in total. The number of hydrogen-bond acceptors (Lipinski definition) is 4. The molecule has 164 valence electrons. The Hall–Kier alpha value is -3.29. The van der Waals surface area contributed by atoms with E-state index in [2.05, 4.69) is 10.5 Å². The third-order valence-corrected chi connectivity index (χ3v) is 7.34. The Morgan fingerprint density at radius 2 is 1.53 bits per heavy atom. The molecule has 32 heavy (non-hydrogen) atoms. The van der Waals surface area contributed by atoms with Crippen LogP contribution in [0.5, 0.6) is 0 Å². The molecule has 1 amide bonds. The Morgan fingerprint density at radius 3 is 2.25 bits per heavy atom. The topological polar surface area (TPSA) is 78.8 Å². The zero-order valence-electron chi connectivity index (χ0n) is 17.6. The van der Waals surface area contributed by atoms with Crippen LogP contribution in [-0.4, -0.2) is 37.9 Å². The summed E-state index contributed by atoms with van der Waals surface area (Å²) in [6.07, 6.45) is 4.32. The molecule has 0 aromatic heterocycles. The van der Waals surface area contributed by atoms with Crippen LogP contribution in [0.3, 0.4) is 0 Å². The highest BCUT2D eigenvalue weighted by Crippen LogP contribution is 2.21. The van der Waals surface area contributed by atoms with Crippen LogP contribution in [0.25, 0.3) is 11.1 Å². The van der Waals surface area contributed by atoms with Crippen LogP contribution in [0, 0.1) is 0 Å². The minimum absolute atomic E-state index is 0.132. The Kier molecular flexibility index (Phi) is 6.78. The standard InChI is InChI=1S/C25H25N3O3S/c29-25(23-10-7-11-24(18-23)32(30,31)28-16-5-2-6-17-28)27-26-19-20-12-14-22(15-13-20)21-8-3-1-4-9-21/h1,3-4,7-15,18-19H,2,5-6,16-17H2,(H,27,29). The smallest absolute Gasteiger partial charge is 0.267 e. The summed E-state index contributed by atoms with van der Waals surface area (Å²) in [5.41, 5.74) is 5.79. The van der Waals surface area contributed by atoms with Gasteiger partial charge in [-0.2, -0.15) is 9.41 Å². The van der Waals surface area contributed by atoms with Gasteiger partial charge >= 0.3 is 0 Å². The molecular formula is C25H25N3O3S. The number of amides is 1. The lowest BCUT2D eigenvalue weighted by Crippen LogP contribution is -2.35. The van der Waals surface area contributed by atoms with E-state index >= 15 is 0 Å². The van der Waals surface area contributed by atoms with Gasteiger partial charge in [0.05, 0.1) is 11.1 Å². The molecule has 1 fully saturated rings. The van der Waals surface area contributed by atoms with Gasteiger partial charge in [-0.1, -0.05) is 67.1 Å². The molecule has 7 heteroatoms. The molecule has 0 bridgehead atoms. The van der Waals surface area contributed by atoms with E-state index in [0.29, 0.717) is 13.1 Å². The van der Waals surface area contributed by atoms with Crippen molar-refractivity contribution in [3.05, 3.63) is 90.0 Å². The van der Waals surface area contributed by atoms with Crippen molar-refractivity contribution < 1.29 is 13.2 Å². The van der Waals surface area contributed by atoms with Crippen molar-refractivity contribution in [2.24, 2.45) is 5.10 Å². The van der Waals surface area contributed by atoms with Crippen molar-refractivity contribution in [3.8, 4) is 11.1 Å². The monoisotopic (exact) mass is 447 g/mol. The quantitative estimate of drug-likeness (QED) is 0.452. The third-order valence-electron chi connectivity index (χ3n) is 5.45. The summed E-state index contributed by atoms with van der Waals surface area (Å²) in [6.45, 7) is 1.04. The zero-order valence-corrected chi connectivity index (χ0v) is 18.5. The van der Waals surface area contributed by atoms with E-state index < -0.39 is 15.9 Å². The van der Waals surface area contributed by atoms with E-state index in [4.69, 9.17) is 0 Å². The number of carbonyl (C=O) groups is 1. The van der Waals surface area contributed by atoms with Gasteiger partial charge in [0.1, 0.15) is 0 Å². The SMILES string of the molecule is O=C(NN=Cc1ccc(-c2ccccc2)cc1)c1cccc(S(=O)(=O)N2CCCCC2)c1. The largest absolute Gasteiger partial charge is 0.271 e. The van der Waals surface area contributed by atoms with Gasteiger partial charge in [0.25, 0.3) is 5.91 Å². The van der Waals surface area contributed by atoms with Crippen LogP contribution in [0.15, 0.2) is 88.9 Å². The second-order valence-corrected chi connectivity index (χ2v) is 9.62. The highest BCUT2D eigenvalue weighted by molar-refractivity contribution is 7.89. The van der Waals surface area contributed by atoms with Crippen LogP contribution in [0.2, 0.25) is 0 Å². The minimum atomic E-state index is -3.59. The third kappa shape index (κ3) is 5.12. The number of rotatable bonds is 6. The van der Waals surface area contributed by atoms with Crippen LogP contribution in [-0.2, 0) is 10.0 Å². The molecule has 1 heterocycles. The van der Waals surface area contributed by atoms with E-state index in [-0.39, 0.29) is 10.5 Å². The Morgan fingerprint density at radius 1 is 0.844 bits per heavy atom. The first kappa shape index (κ1) is 21.9. The highest BCUT2D eigenvalue weighted by Gasteiger charge is 2.26. The lowest BCUT2D eigenvalue weighted by atomic mass is 10.0. The van der Waals surface area contributed by atoms with Crippen LogP contribution in [0.4, 0.5) is 0 Å². The van der Waals surface area contributed by atoms with Crippen molar-refractivity contribution >= 4 is 22.1 Å². The zero-order chi connectivity index (χ0) is 22.4. The van der Waals surface area contributed by atoms with E-state index in [1.54, 1.807) is 18.3 Å². The van der Waals surface area contributed by atoms with Gasteiger partial charge in [-0.05, 0) is 47.7 Å². The highest BCUT2D eigenvalue weighted by atomic mass is 32.2. The van der Waals surface area contributed by atoms with Gasteiger partial charge in [-0.3, -0.25) is 4.79 Å². The summed E-state index contributed by atoms with van der Waals surface area (Å²) < 4.78 is 27.2. The maximum Gasteiger partial charge on any atom is 0.271 e. The Labute approximate surface area is 188 Å². The molecule has 0 radical (unpaired) electrons. The number of piperidine rings is 1. The fraction of sp³-hybridized carbons (Fsp3) is 0.200. The molecule has 0 atom stereocenters. The average Bonchev–Trinajstić information content (AvgIpc) is 2.85. The predicted molar refractivity (Wildman–Crippen MR) is 126 cm³/mol. The van der Waals surface area contributed by atoms with Crippen LogP contribution < -0.4 is 5.43 Å². The fourth-order valence-electron chi connectivity index (χ4n) is 3.67. The number of sulfonamides is 1. The maximum atomic E-state index is 12.9. The summed E-state index contributed by atoms with van der Waals surface area (Å²) in [7, 11) is -3.59. The molecule has 1 aliphatic rings. The van der Waals surface area contributed by atoms with Crippen LogP contribution >= 0.6 is 0 Å². The lowest BCUT2D eigenvalue weighted by molar-refractivity contribution is 0.0955. The first-order valence-electron chi connectivity index (χ1n) is 10.6. The molecule has 1 saturated heterocycles. The number of nitrogens with one attached hydrogen (secondary N) is 1. The summed E-state index contributed by atoms with van der Waals surface area (Å²) in [5, 5.41) is 4.02. The Balaban J connectivity index is 1.41. The molecule has 0 saturated carbocycles. The number of benzene rings is 3. The Bertz CT molecular complexity index is 1200. The van der Waals surface area contributed by atoms with Crippen molar-refractivity contribution in [3.63, 3.8) is 0 Å². The van der Waals surface area contributed by atoms with Crippen molar-refractivity contribution in [2.75, 3.05) is 13.1 Å². The van der Waals surface area contributed by atoms with Crippen molar-refractivity contribution in [1.29, 1.82) is 0 Å². The molecular weight excluding hydrogens is 422 g/mol. The van der Waals surface area contributed by atoms with E-state index in [9.17, 15) is 13.2 Å². The molecule has 0 aliphatic carbocycles. The van der Waals surface area contributed by atoms with Gasteiger partial charge in [-0.25, -0.2) is 13.8 Å². The first-order valence-corrected chi connectivity index (χ1v) is 12.1. The number of nitrogens with zero attached hydrogens (tertiary/aromatic N) is 2.